The Morgan fingerprint density at radius 3 is 2.80 bits per heavy atom. The predicted molar refractivity (Wildman–Crippen MR) is 38.8 cm³/mol. The lowest BCUT2D eigenvalue weighted by Gasteiger charge is -1.97. The zero-order valence-electron chi connectivity index (χ0n) is 5.53. The highest BCUT2D eigenvalue weighted by atomic mass is 16.3. The van der Waals surface area contributed by atoms with Crippen molar-refractivity contribution in [3.63, 3.8) is 0 Å². The molecule has 0 saturated carbocycles. The molecule has 0 radical (unpaired) electrons. The Hall–Kier alpha value is -1.45. The second kappa shape index (κ2) is 2.43. The van der Waals surface area contributed by atoms with Gasteiger partial charge in [0.05, 0.1) is 11.4 Å². The highest BCUT2D eigenvalue weighted by Gasteiger charge is 2.01. The number of nitrogens with two attached hydrogens (primary N) is 1. The Morgan fingerprint density at radius 1 is 1.70 bits per heavy atom. The molecule has 4 nitrogen and oxygen atoms in total. The van der Waals surface area contributed by atoms with Crippen molar-refractivity contribution in [2.75, 3.05) is 5.73 Å². The summed E-state index contributed by atoms with van der Waals surface area (Å²) in [5.74, 6) is 0. The Kier molecular flexibility index (Phi) is 1.62. The van der Waals surface area contributed by atoms with Crippen LogP contribution in [0.3, 0.4) is 0 Å². The number of aromatic nitrogens is 1. The number of nitrogen functional groups attached to an aromatic ring is 1. The molecule has 1 heterocycles. The minimum absolute atomic E-state index is 0.238. The number of aryl methyl sites for hydroxylation is 1. The SMILES string of the molecule is Cc1nccc(N)c1N=O. The van der Waals surface area contributed by atoms with Crippen molar-refractivity contribution in [1.82, 2.24) is 4.98 Å². The van der Waals surface area contributed by atoms with E-state index in [1.54, 1.807) is 19.2 Å². The van der Waals surface area contributed by atoms with Gasteiger partial charge in [0.25, 0.3) is 0 Å². The number of anilines is 1. The summed E-state index contributed by atoms with van der Waals surface area (Å²) >= 11 is 0. The maximum absolute atomic E-state index is 10.1. The fraction of sp³-hybridized carbons (Fsp3) is 0.167. The Balaban J connectivity index is 3.30. The number of rotatable bonds is 1. The average Bonchev–Trinajstić information content (AvgIpc) is 1.88. The van der Waals surface area contributed by atoms with Crippen LogP contribution in [0.5, 0.6) is 0 Å². The highest BCUT2D eigenvalue weighted by Crippen LogP contribution is 2.22. The summed E-state index contributed by atoms with van der Waals surface area (Å²) in [6.45, 7) is 1.69. The van der Waals surface area contributed by atoms with Gasteiger partial charge in [-0.2, -0.15) is 0 Å². The zero-order chi connectivity index (χ0) is 7.56. The molecule has 1 aromatic heterocycles. The molecule has 0 spiro atoms. The van der Waals surface area contributed by atoms with Gasteiger partial charge in [0.2, 0.25) is 0 Å². The predicted octanol–water partition coefficient (Wildman–Crippen LogP) is 1.37. The molecular formula is C6H7N3O. The van der Waals surface area contributed by atoms with Gasteiger partial charge in [0.15, 0.2) is 5.69 Å². The van der Waals surface area contributed by atoms with E-state index in [4.69, 9.17) is 5.73 Å². The maximum atomic E-state index is 10.1. The van der Waals surface area contributed by atoms with E-state index in [2.05, 4.69) is 10.2 Å². The highest BCUT2D eigenvalue weighted by molar-refractivity contribution is 5.63. The van der Waals surface area contributed by atoms with Crippen molar-refractivity contribution >= 4 is 11.4 Å². The minimum Gasteiger partial charge on any atom is -0.397 e. The molecule has 0 saturated heterocycles. The first kappa shape index (κ1) is 6.67. The minimum atomic E-state index is 0.238. The summed E-state index contributed by atoms with van der Waals surface area (Å²) in [6, 6.07) is 1.55. The van der Waals surface area contributed by atoms with Crippen LogP contribution < -0.4 is 5.73 Å². The zero-order valence-corrected chi connectivity index (χ0v) is 5.53. The number of nitrogens with zero attached hydrogens (tertiary/aromatic N) is 2. The fourth-order valence-electron chi connectivity index (χ4n) is 0.697. The van der Waals surface area contributed by atoms with Gasteiger partial charge in [-0.3, -0.25) is 4.98 Å². The van der Waals surface area contributed by atoms with Crippen molar-refractivity contribution in [3.8, 4) is 0 Å². The molecule has 0 aliphatic rings. The Labute approximate surface area is 58.1 Å². The third-order valence-corrected chi connectivity index (χ3v) is 1.23. The van der Waals surface area contributed by atoms with E-state index < -0.39 is 0 Å². The third-order valence-electron chi connectivity index (χ3n) is 1.23. The molecule has 1 rings (SSSR count). The van der Waals surface area contributed by atoms with Crippen LogP contribution in [0, 0.1) is 11.8 Å². The summed E-state index contributed by atoms with van der Waals surface area (Å²) in [4.78, 5) is 13.9. The monoisotopic (exact) mass is 137 g/mol. The van der Waals surface area contributed by atoms with Crippen molar-refractivity contribution in [3.05, 3.63) is 22.9 Å². The van der Waals surface area contributed by atoms with Gasteiger partial charge in [0, 0.05) is 6.20 Å². The van der Waals surface area contributed by atoms with Crippen LogP contribution in [-0.4, -0.2) is 4.98 Å². The van der Waals surface area contributed by atoms with Gasteiger partial charge in [-0.1, -0.05) is 0 Å². The van der Waals surface area contributed by atoms with Gasteiger partial charge in [0.1, 0.15) is 0 Å². The smallest absolute Gasteiger partial charge is 0.152 e. The van der Waals surface area contributed by atoms with Crippen LogP contribution in [-0.2, 0) is 0 Å². The number of pyridine rings is 1. The summed E-state index contributed by atoms with van der Waals surface area (Å²) in [6.07, 6.45) is 1.54. The Morgan fingerprint density at radius 2 is 2.40 bits per heavy atom. The van der Waals surface area contributed by atoms with Crippen LogP contribution in [0.2, 0.25) is 0 Å². The number of hydrogen-bond acceptors (Lipinski definition) is 4. The molecule has 0 amide bonds. The summed E-state index contributed by atoms with van der Waals surface area (Å²) in [5, 5.41) is 2.73. The molecule has 0 aromatic carbocycles. The fourth-order valence-corrected chi connectivity index (χ4v) is 0.697. The van der Waals surface area contributed by atoms with Crippen LogP contribution >= 0.6 is 0 Å². The lowest BCUT2D eigenvalue weighted by molar-refractivity contribution is 1.19. The topological polar surface area (TPSA) is 68.3 Å². The lowest BCUT2D eigenvalue weighted by Crippen LogP contribution is -1.88. The molecule has 0 bridgehead atoms. The van der Waals surface area contributed by atoms with Gasteiger partial charge in [-0.05, 0) is 18.2 Å². The molecule has 10 heavy (non-hydrogen) atoms. The Bertz CT molecular complexity index is 239. The van der Waals surface area contributed by atoms with Crippen LogP contribution in [0.4, 0.5) is 11.4 Å². The van der Waals surface area contributed by atoms with E-state index in [9.17, 15) is 4.91 Å². The lowest BCUT2D eigenvalue weighted by atomic mass is 10.3. The second-order valence-corrected chi connectivity index (χ2v) is 1.93. The molecule has 0 unspecified atom stereocenters. The van der Waals surface area contributed by atoms with Gasteiger partial charge < -0.3 is 5.73 Å². The van der Waals surface area contributed by atoms with Crippen molar-refractivity contribution < 1.29 is 0 Å². The van der Waals surface area contributed by atoms with E-state index in [0.717, 1.165) is 0 Å². The largest absolute Gasteiger partial charge is 0.397 e. The van der Waals surface area contributed by atoms with Crippen LogP contribution in [0.1, 0.15) is 5.69 Å². The molecule has 4 heteroatoms. The quantitative estimate of drug-likeness (QED) is 0.594. The van der Waals surface area contributed by atoms with E-state index >= 15 is 0 Å². The standard InChI is InChI=1S/C6H7N3O/c1-4-6(9-10)5(7)2-3-8-4/h2-3H,1H3,(H2,7,8). The van der Waals surface area contributed by atoms with Crippen molar-refractivity contribution in [1.29, 1.82) is 0 Å². The van der Waals surface area contributed by atoms with Crippen molar-refractivity contribution in [2.24, 2.45) is 5.18 Å². The molecule has 0 fully saturated rings. The van der Waals surface area contributed by atoms with Crippen LogP contribution in [0.15, 0.2) is 17.4 Å². The van der Waals surface area contributed by atoms with E-state index in [1.807, 2.05) is 0 Å². The number of nitroso groups, excluding NO2 is 1. The average molecular weight is 137 g/mol. The van der Waals surface area contributed by atoms with Gasteiger partial charge >= 0.3 is 0 Å². The summed E-state index contributed by atoms with van der Waals surface area (Å²) in [7, 11) is 0. The van der Waals surface area contributed by atoms with E-state index in [1.165, 1.54) is 0 Å². The summed E-state index contributed by atoms with van der Waals surface area (Å²) < 4.78 is 0. The second-order valence-electron chi connectivity index (χ2n) is 1.93. The van der Waals surface area contributed by atoms with Crippen LogP contribution in [0.25, 0.3) is 0 Å². The third kappa shape index (κ3) is 0.953. The molecule has 0 atom stereocenters. The van der Waals surface area contributed by atoms with Crippen molar-refractivity contribution in [2.45, 2.75) is 6.92 Å². The first-order chi connectivity index (χ1) is 4.75. The van der Waals surface area contributed by atoms with Gasteiger partial charge in [-0.25, -0.2) is 0 Å². The molecule has 0 aliphatic carbocycles. The number of hydrogen-bond donors (Lipinski definition) is 1. The van der Waals surface area contributed by atoms with E-state index in [0.29, 0.717) is 11.4 Å². The molecule has 0 aliphatic heterocycles. The summed E-state index contributed by atoms with van der Waals surface area (Å²) in [5.41, 5.74) is 6.58. The molecule has 52 valence electrons. The normalized spacial score (nSPS) is 9.30. The molecular weight excluding hydrogens is 130 g/mol. The maximum Gasteiger partial charge on any atom is 0.152 e. The molecule has 2 N–H and O–H groups in total. The first-order valence-corrected chi connectivity index (χ1v) is 2.80. The van der Waals surface area contributed by atoms with Gasteiger partial charge in [-0.15, -0.1) is 4.91 Å². The van der Waals surface area contributed by atoms with E-state index in [-0.39, 0.29) is 5.69 Å². The molecule has 1 aromatic rings. The first-order valence-electron chi connectivity index (χ1n) is 2.80.